The predicted octanol–water partition coefficient (Wildman–Crippen LogP) is 4.06. The molecule has 0 spiro atoms. The third-order valence-electron chi connectivity index (χ3n) is 3.38. The largest absolute Gasteiger partial charge is 0.324 e. The van der Waals surface area contributed by atoms with Crippen molar-refractivity contribution in [3.8, 4) is 0 Å². The van der Waals surface area contributed by atoms with E-state index in [-0.39, 0.29) is 21.4 Å². The zero-order valence-electron chi connectivity index (χ0n) is 13.6. The molecule has 0 aliphatic carbocycles. The van der Waals surface area contributed by atoms with Gasteiger partial charge in [0.1, 0.15) is 6.04 Å². The number of halogens is 4. The van der Waals surface area contributed by atoms with Crippen molar-refractivity contribution in [1.29, 1.82) is 0 Å². The van der Waals surface area contributed by atoms with Crippen LogP contribution < -0.4 is 9.62 Å². The molecule has 140 valence electrons. The summed E-state index contributed by atoms with van der Waals surface area (Å²) >= 11 is 11.7. The second kappa shape index (κ2) is 7.77. The van der Waals surface area contributed by atoms with Gasteiger partial charge in [-0.05, 0) is 37.3 Å². The van der Waals surface area contributed by atoms with E-state index in [9.17, 15) is 22.0 Å². The summed E-state index contributed by atoms with van der Waals surface area (Å²) in [4.78, 5) is 12.5. The Hall–Kier alpha value is -1.90. The van der Waals surface area contributed by atoms with Gasteiger partial charge in [-0.15, -0.1) is 0 Å². The van der Waals surface area contributed by atoms with Gasteiger partial charge < -0.3 is 5.32 Å². The smallest absolute Gasteiger partial charge is 0.247 e. The predicted molar refractivity (Wildman–Crippen MR) is 98.2 cm³/mol. The van der Waals surface area contributed by atoms with E-state index >= 15 is 0 Å². The minimum Gasteiger partial charge on any atom is -0.324 e. The Morgan fingerprint density at radius 3 is 2.15 bits per heavy atom. The molecule has 2 rings (SSSR count). The van der Waals surface area contributed by atoms with E-state index in [1.165, 1.54) is 25.1 Å². The van der Waals surface area contributed by atoms with E-state index < -0.39 is 33.6 Å². The summed E-state index contributed by atoms with van der Waals surface area (Å²) in [6.07, 6.45) is 0.855. The summed E-state index contributed by atoms with van der Waals surface area (Å²) in [6, 6.07) is 5.63. The molecule has 1 N–H and O–H groups in total. The SMILES string of the molecule is C[C@H](C(=O)Nc1cc(Cl)cc(Cl)c1)N(c1ccc(F)c(F)c1)S(C)(=O)=O. The molecule has 0 heterocycles. The maximum Gasteiger partial charge on any atom is 0.247 e. The van der Waals surface area contributed by atoms with Crippen LogP contribution in [0.1, 0.15) is 6.92 Å². The van der Waals surface area contributed by atoms with Gasteiger partial charge in [0, 0.05) is 21.8 Å². The molecule has 0 fully saturated rings. The van der Waals surface area contributed by atoms with E-state index in [1.807, 2.05) is 0 Å². The number of rotatable bonds is 5. The number of sulfonamides is 1. The molecule has 0 unspecified atom stereocenters. The summed E-state index contributed by atoms with van der Waals surface area (Å²) in [5.41, 5.74) is 0.0799. The molecule has 1 atom stereocenters. The Morgan fingerprint density at radius 1 is 1.08 bits per heavy atom. The van der Waals surface area contributed by atoms with E-state index in [1.54, 1.807) is 0 Å². The molecule has 0 bridgehead atoms. The van der Waals surface area contributed by atoms with Crippen LogP contribution >= 0.6 is 23.2 Å². The van der Waals surface area contributed by atoms with Crippen LogP contribution in [-0.2, 0) is 14.8 Å². The molecule has 2 aromatic rings. The second-order valence-corrected chi connectivity index (χ2v) is 8.21. The topological polar surface area (TPSA) is 66.5 Å². The van der Waals surface area contributed by atoms with Gasteiger partial charge in [-0.3, -0.25) is 9.10 Å². The van der Waals surface area contributed by atoms with Gasteiger partial charge in [-0.25, -0.2) is 17.2 Å². The summed E-state index contributed by atoms with van der Waals surface area (Å²) in [7, 11) is -3.97. The molecule has 0 saturated carbocycles. The Bertz CT molecular complexity index is 934. The number of amides is 1. The second-order valence-electron chi connectivity index (χ2n) is 5.48. The van der Waals surface area contributed by atoms with E-state index in [2.05, 4.69) is 5.32 Å². The van der Waals surface area contributed by atoms with Crippen LogP contribution in [0.15, 0.2) is 36.4 Å². The third kappa shape index (κ3) is 4.84. The lowest BCUT2D eigenvalue weighted by Crippen LogP contribution is -2.45. The normalized spacial score (nSPS) is 12.5. The average molecular weight is 423 g/mol. The van der Waals surface area contributed by atoms with Gasteiger partial charge in [0.15, 0.2) is 11.6 Å². The number of hydrogen-bond donors (Lipinski definition) is 1. The molecule has 26 heavy (non-hydrogen) atoms. The first-order chi connectivity index (χ1) is 12.0. The van der Waals surface area contributed by atoms with Crippen LogP contribution in [0.5, 0.6) is 0 Å². The standard InChI is InChI=1S/C16H14Cl2F2N2O3S/c1-9(16(23)21-12-6-10(17)5-11(18)7-12)22(26(2,24)25)13-3-4-14(19)15(20)8-13/h3-9H,1-2H3,(H,21,23)/t9-/m1/s1. The number of benzene rings is 2. The van der Waals surface area contributed by atoms with Crippen LogP contribution in [0.3, 0.4) is 0 Å². The van der Waals surface area contributed by atoms with Gasteiger partial charge in [0.25, 0.3) is 0 Å². The van der Waals surface area contributed by atoms with Gasteiger partial charge in [0.2, 0.25) is 15.9 Å². The summed E-state index contributed by atoms with van der Waals surface area (Å²) in [6.45, 7) is 1.31. The van der Waals surface area contributed by atoms with Crippen LogP contribution in [0, 0.1) is 11.6 Å². The minimum absolute atomic E-state index is 0.182. The van der Waals surface area contributed by atoms with Crippen LogP contribution in [0.2, 0.25) is 10.0 Å². The van der Waals surface area contributed by atoms with Crippen molar-refractivity contribution in [3.05, 3.63) is 58.1 Å². The van der Waals surface area contributed by atoms with E-state index in [4.69, 9.17) is 23.2 Å². The molecule has 1 amide bonds. The summed E-state index contributed by atoms with van der Waals surface area (Å²) in [5, 5.41) is 3.05. The summed E-state index contributed by atoms with van der Waals surface area (Å²) in [5.74, 6) is -3.07. The Kier molecular flexibility index (Phi) is 6.10. The Morgan fingerprint density at radius 2 is 1.65 bits per heavy atom. The fourth-order valence-electron chi connectivity index (χ4n) is 2.30. The zero-order valence-corrected chi connectivity index (χ0v) is 16.0. The molecule has 0 radical (unpaired) electrons. The number of hydrogen-bond acceptors (Lipinski definition) is 3. The highest BCUT2D eigenvalue weighted by molar-refractivity contribution is 7.92. The van der Waals surface area contributed by atoms with Crippen molar-refractivity contribution in [2.75, 3.05) is 15.9 Å². The molecule has 10 heteroatoms. The van der Waals surface area contributed by atoms with Crippen molar-refractivity contribution < 1.29 is 22.0 Å². The molecule has 0 aliphatic heterocycles. The number of nitrogens with zero attached hydrogens (tertiary/aromatic N) is 1. The lowest BCUT2D eigenvalue weighted by molar-refractivity contribution is -0.116. The van der Waals surface area contributed by atoms with Crippen LogP contribution in [0.25, 0.3) is 0 Å². The maximum absolute atomic E-state index is 13.5. The highest BCUT2D eigenvalue weighted by Gasteiger charge is 2.30. The number of anilines is 2. The Labute approximate surface area is 159 Å². The zero-order chi connectivity index (χ0) is 19.6. The van der Waals surface area contributed by atoms with Crippen molar-refractivity contribution in [2.45, 2.75) is 13.0 Å². The Balaban J connectivity index is 2.35. The van der Waals surface area contributed by atoms with E-state index in [0.717, 1.165) is 18.4 Å². The average Bonchev–Trinajstić information content (AvgIpc) is 2.48. The van der Waals surface area contributed by atoms with Crippen LogP contribution in [-0.4, -0.2) is 26.6 Å². The van der Waals surface area contributed by atoms with Gasteiger partial charge >= 0.3 is 0 Å². The van der Waals surface area contributed by atoms with Crippen molar-refractivity contribution >= 4 is 50.5 Å². The minimum atomic E-state index is -3.97. The fourth-order valence-corrected chi connectivity index (χ4v) is 4.00. The summed E-state index contributed by atoms with van der Waals surface area (Å²) < 4.78 is 51.6. The lowest BCUT2D eigenvalue weighted by Gasteiger charge is -2.28. The number of nitrogens with one attached hydrogen (secondary N) is 1. The van der Waals surface area contributed by atoms with E-state index in [0.29, 0.717) is 10.4 Å². The fraction of sp³-hybridized carbons (Fsp3) is 0.188. The number of carbonyl (C=O) groups excluding carboxylic acids is 1. The maximum atomic E-state index is 13.5. The van der Waals surface area contributed by atoms with Crippen LogP contribution in [0.4, 0.5) is 20.2 Å². The highest BCUT2D eigenvalue weighted by atomic mass is 35.5. The molecule has 0 aliphatic rings. The molecular formula is C16H14Cl2F2N2O3S. The first kappa shape index (κ1) is 20.4. The van der Waals surface area contributed by atoms with Gasteiger partial charge in [-0.2, -0.15) is 0 Å². The first-order valence-corrected chi connectivity index (χ1v) is 9.81. The highest BCUT2D eigenvalue weighted by Crippen LogP contribution is 2.25. The first-order valence-electron chi connectivity index (χ1n) is 7.20. The van der Waals surface area contributed by atoms with Gasteiger partial charge in [0.05, 0.1) is 11.9 Å². The molecule has 0 aromatic heterocycles. The third-order valence-corrected chi connectivity index (χ3v) is 5.05. The molecule has 2 aromatic carbocycles. The number of carbonyl (C=O) groups is 1. The van der Waals surface area contributed by atoms with Gasteiger partial charge in [-0.1, -0.05) is 23.2 Å². The quantitative estimate of drug-likeness (QED) is 0.789. The monoisotopic (exact) mass is 422 g/mol. The van der Waals surface area contributed by atoms with Crippen molar-refractivity contribution in [3.63, 3.8) is 0 Å². The molecule has 0 saturated heterocycles. The molecule has 5 nitrogen and oxygen atoms in total. The van der Waals surface area contributed by atoms with Crippen molar-refractivity contribution in [1.82, 2.24) is 0 Å². The lowest BCUT2D eigenvalue weighted by atomic mass is 10.2. The molecular weight excluding hydrogens is 409 g/mol. The van der Waals surface area contributed by atoms with Crippen molar-refractivity contribution in [2.24, 2.45) is 0 Å².